The van der Waals surface area contributed by atoms with E-state index in [1.807, 2.05) is 0 Å². The normalized spacial score (nSPS) is 11.9. The second-order valence-corrected chi connectivity index (χ2v) is 7.66. The van der Waals surface area contributed by atoms with Crippen LogP contribution in [0.5, 0.6) is 0 Å². The van der Waals surface area contributed by atoms with Gasteiger partial charge in [-0.15, -0.1) is 11.3 Å². The number of thiophene rings is 1. The number of sulfonamides is 1. The number of hydrogen-bond acceptors (Lipinski definition) is 4. The third kappa shape index (κ3) is 4.50. The standard InChI is InChI=1S/C9H15BrN2O2S2/c1-2-5-11-6-7-12-16(13,14)9-4-3-8(10)15-9/h3-4,11-12H,2,5-7H2,1H3. The van der Waals surface area contributed by atoms with Crippen LogP contribution in [0.4, 0.5) is 0 Å². The summed E-state index contributed by atoms with van der Waals surface area (Å²) in [5.74, 6) is 0. The van der Waals surface area contributed by atoms with Crippen LogP contribution in [0.15, 0.2) is 20.1 Å². The topological polar surface area (TPSA) is 58.2 Å². The minimum Gasteiger partial charge on any atom is -0.315 e. The van der Waals surface area contributed by atoms with Crippen molar-refractivity contribution in [2.45, 2.75) is 17.6 Å². The Hall–Kier alpha value is 0.0500. The monoisotopic (exact) mass is 326 g/mol. The van der Waals surface area contributed by atoms with E-state index in [-0.39, 0.29) is 0 Å². The van der Waals surface area contributed by atoms with Crippen molar-refractivity contribution in [3.8, 4) is 0 Å². The lowest BCUT2D eigenvalue weighted by Gasteiger charge is -2.05. The zero-order chi connectivity index (χ0) is 12.0. The van der Waals surface area contributed by atoms with Gasteiger partial charge in [0, 0.05) is 13.1 Å². The van der Waals surface area contributed by atoms with Gasteiger partial charge in [-0.1, -0.05) is 6.92 Å². The van der Waals surface area contributed by atoms with Gasteiger partial charge in [-0.3, -0.25) is 0 Å². The van der Waals surface area contributed by atoms with E-state index in [2.05, 4.69) is 32.9 Å². The molecule has 1 aromatic rings. The molecule has 0 aliphatic carbocycles. The Bertz CT molecular complexity index is 417. The Morgan fingerprint density at radius 2 is 2.06 bits per heavy atom. The lowest BCUT2D eigenvalue weighted by atomic mass is 10.5. The van der Waals surface area contributed by atoms with Crippen LogP contribution in [0, 0.1) is 0 Å². The fraction of sp³-hybridized carbons (Fsp3) is 0.556. The smallest absolute Gasteiger partial charge is 0.250 e. The second-order valence-electron chi connectivity index (χ2n) is 3.21. The van der Waals surface area contributed by atoms with Gasteiger partial charge in [0.2, 0.25) is 10.0 Å². The summed E-state index contributed by atoms with van der Waals surface area (Å²) in [5.41, 5.74) is 0. The van der Waals surface area contributed by atoms with E-state index in [9.17, 15) is 8.42 Å². The first-order chi connectivity index (χ1) is 7.56. The first-order valence-electron chi connectivity index (χ1n) is 5.02. The Morgan fingerprint density at radius 1 is 1.31 bits per heavy atom. The van der Waals surface area contributed by atoms with Crippen LogP contribution in [0.2, 0.25) is 0 Å². The summed E-state index contributed by atoms with van der Waals surface area (Å²) >= 11 is 4.45. The maximum Gasteiger partial charge on any atom is 0.250 e. The van der Waals surface area contributed by atoms with Crippen molar-refractivity contribution in [1.82, 2.24) is 10.0 Å². The fourth-order valence-corrected chi connectivity index (χ4v) is 4.18. The van der Waals surface area contributed by atoms with Crippen molar-refractivity contribution in [2.24, 2.45) is 0 Å². The van der Waals surface area contributed by atoms with Crippen molar-refractivity contribution in [1.29, 1.82) is 0 Å². The highest BCUT2D eigenvalue weighted by molar-refractivity contribution is 9.11. The molecular weight excluding hydrogens is 312 g/mol. The van der Waals surface area contributed by atoms with Gasteiger partial charge >= 0.3 is 0 Å². The molecule has 0 atom stereocenters. The molecule has 0 aliphatic heterocycles. The van der Waals surface area contributed by atoms with Crippen molar-refractivity contribution >= 4 is 37.3 Å². The molecule has 0 bridgehead atoms. The van der Waals surface area contributed by atoms with Crippen LogP contribution in [-0.2, 0) is 10.0 Å². The number of hydrogen-bond donors (Lipinski definition) is 2. The van der Waals surface area contributed by atoms with E-state index in [0.29, 0.717) is 17.3 Å². The van der Waals surface area contributed by atoms with Crippen molar-refractivity contribution in [3.63, 3.8) is 0 Å². The molecule has 1 heterocycles. The van der Waals surface area contributed by atoms with Crippen molar-refractivity contribution in [2.75, 3.05) is 19.6 Å². The average Bonchev–Trinajstić information content (AvgIpc) is 2.65. The van der Waals surface area contributed by atoms with Crippen molar-refractivity contribution in [3.05, 3.63) is 15.9 Å². The molecule has 0 spiro atoms. The molecule has 0 saturated carbocycles. The van der Waals surface area contributed by atoms with Gasteiger partial charge in [-0.2, -0.15) is 0 Å². The van der Waals surface area contributed by atoms with Crippen LogP contribution in [0.25, 0.3) is 0 Å². The van der Waals surface area contributed by atoms with Crippen LogP contribution < -0.4 is 10.0 Å². The molecule has 0 radical (unpaired) electrons. The molecule has 0 fully saturated rings. The first kappa shape index (κ1) is 14.1. The molecule has 4 nitrogen and oxygen atoms in total. The molecule has 0 aliphatic rings. The summed E-state index contributed by atoms with van der Waals surface area (Å²) in [6.07, 6.45) is 1.05. The molecule has 1 rings (SSSR count). The van der Waals surface area contributed by atoms with Gasteiger partial charge in [0.25, 0.3) is 0 Å². The third-order valence-corrected chi connectivity index (χ3v) is 5.41. The van der Waals surface area contributed by atoms with Gasteiger partial charge in [0.1, 0.15) is 4.21 Å². The maximum atomic E-state index is 11.7. The van der Waals surface area contributed by atoms with Crippen LogP contribution in [-0.4, -0.2) is 28.1 Å². The molecular formula is C9H15BrN2O2S2. The zero-order valence-electron chi connectivity index (χ0n) is 8.99. The van der Waals surface area contributed by atoms with E-state index in [0.717, 1.165) is 16.8 Å². The minimum absolute atomic E-state index is 0.342. The average molecular weight is 327 g/mol. The van der Waals surface area contributed by atoms with E-state index in [1.54, 1.807) is 12.1 Å². The largest absolute Gasteiger partial charge is 0.315 e. The Balaban J connectivity index is 2.41. The van der Waals surface area contributed by atoms with Crippen LogP contribution >= 0.6 is 27.3 Å². The van der Waals surface area contributed by atoms with Crippen LogP contribution in [0.3, 0.4) is 0 Å². The van der Waals surface area contributed by atoms with Gasteiger partial charge in [-0.05, 0) is 41.0 Å². The van der Waals surface area contributed by atoms with E-state index in [1.165, 1.54) is 11.3 Å². The summed E-state index contributed by atoms with van der Waals surface area (Å²) in [4.78, 5) is 0. The first-order valence-corrected chi connectivity index (χ1v) is 8.11. The molecule has 7 heteroatoms. The summed E-state index contributed by atoms with van der Waals surface area (Å²) in [6, 6.07) is 3.32. The number of nitrogens with one attached hydrogen (secondary N) is 2. The molecule has 0 aromatic carbocycles. The van der Waals surface area contributed by atoms with Gasteiger partial charge in [-0.25, -0.2) is 13.1 Å². The molecule has 0 amide bonds. The summed E-state index contributed by atoms with van der Waals surface area (Å²) in [6.45, 7) is 4.05. The van der Waals surface area contributed by atoms with Gasteiger partial charge < -0.3 is 5.32 Å². The zero-order valence-corrected chi connectivity index (χ0v) is 12.2. The molecule has 2 N–H and O–H groups in total. The summed E-state index contributed by atoms with van der Waals surface area (Å²) in [7, 11) is -3.33. The number of rotatable bonds is 7. The predicted octanol–water partition coefficient (Wildman–Crippen LogP) is 1.79. The maximum absolute atomic E-state index is 11.7. The predicted molar refractivity (Wildman–Crippen MR) is 70.4 cm³/mol. The third-order valence-electron chi connectivity index (χ3n) is 1.83. The highest BCUT2D eigenvalue weighted by Gasteiger charge is 2.15. The van der Waals surface area contributed by atoms with E-state index < -0.39 is 10.0 Å². The highest BCUT2D eigenvalue weighted by atomic mass is 79.9. The summed E-state index contributed by atoms with van der Waals surface area (Å²) < 4.78 is 27.2. The fourth-order valence-electron chi connectivity index (χ4n) is 1.09. The second kappa shape index (κ2) is 6.70. The minimum atomic E-state index is -3.33. The highest BCUT2D eigenvalue weighted by Crippen LogP contribution is 2.25. The van der Waals surface area contributed by atoms with E-state index in [4.69, 9.17) is 0 Å². The van der Waals surface area contributed by atoms with E-state index >= 15 is 0 Å². The Kier molecular flexibility index (Phi) is 5.91. The molecule has 0 saturated heterocycles. The van der Waals surface area contributed by atoms with Gasteiger partial charge in [0.05, 0.1) is 3.79 Å². The summed E-state index contributed by atoms with van der Waals surface area (Å²) in [5, 5.41) is 3.13. The SMILES string of the molecule is CCCNCCNS(=O)(=O)c1ccc(Br)s1. The Morgan fingerprint density at radius 3 is 2.62 bits per heavy atom. The molecule has 16 heavy (non-hydrogen) atoms. The molecule has 1 aromatic heterocycles. The quantitative estimate of drug-likeness (QED) is 0.751. The molecule has 0 unspecified atom stereocenters. The van der Waals surface area contributed by atoms with Crippen molar-refractivity contribution < 1.29 is 8.42 Å². The molecule has 92 valence electrons. The lowest BCUT2D eigenvalue weighted by Crippen LogP contribution is -2.31. The number of halogens is 1. The lowest BCUT2D eigenvalue weighted by molar-refractivity contribution is 0.577. The van der Waals surface area contributed by atoms with Crippen LogP contribution in [0.1, 0.15) is 13.3 Å². The van der Waals surface area contributed by atoms with Gasteiger partial charge in [0.15, 0.2) is 0 Å². The Labute approximate surface area is 109 Å².